The molecule has 2 saturated heterocycles. The summed E-state index contributed by atoms with van der Waals surface area (Å²) in [6.07, 6.45) is 4.19. The molecule has 2 heterocycles. The Kier molecular flexibility index (Phi) is 5.74. The maximum absolute atomic E-state index is 11.7. The Labute approximate surface area is 127 Å². The molecule has 0 aromatic carbocycles. The summed E-state index contributed by atoms with van der Waals surface area (Å²) in [5, 5.41) is 0. The van der Waals surface area contributed by atoms with Crippen LogP contribution in [0.15, 0.2) is 0 Å². The molecular formula is C13H24N2O3S2. The number of thiol groups is 1. The van der Waals surface area contributed by atoms with Crippen LogP contribution in [-0.2, 0) is 14.8 Å². The standard InChI is InChI=1S/C13H24N2O3S2/c16-13(5-10-19)14-7-2-12(3-8-14)4-9-15-6-1-11-20(15,17)18/h12,19H,1-11H2. The molecule has 7 heteroatoms. The highest BCUT2D eigenvalue weighted by Crippen LogP contribution is 2.23. The third-order valence-corrected chi connectivity index (χ3v) is 6.46. The molecule has 0 atom stereocenters. The van der Waals surface area contributed by atoms with Gasteiger partial charge in [0.05, 0.1) is 5.75 Å². The van der Waals surface area contributed by atoms with E-state index in [0.29, 0.717) is 36.9 Å². The van der Waals surface area contributed by atoms with E-state index in [-0.39, 0.29) is 5.91 Å². The summed E-state index contributed by atoms with van der Waals surface area (Å²) in [4.78, 5) is 13.7. The second kappa shape index (κ2) is 7.13. The first-order chi connectivity index (χ1) is 9.53. The van der Waals surface area contributed by atoms with E-state index in [0.717, 1.165) is 38.8 Å². The van der Waals surface area contributed by atoms with E-state index in [1.165, 1.54) is 0 Å². The molecule has 20 heavy (non-hydrogen) atoms. The fourth-order valence-corrected chi connectivity index (χ4v) is 4.73. The number of nitrogens with zero attached hydrogens (tertiary/aromatic N) is 2. The van der Waals surface area contributed by atoms with E-state index in [4.69, 9.17) is 0 Å². The molecule has 2 fully saturated rings. The van der Waals surface area contributed by atoms with E-state index < -0.39 is 10.0 Å². The second-order valence-electron chi connectivity index (χ2n) is 5.66. The van der Waals surface area contributed by atoms with Gasteiger partial charge in [-0.1, -0.05) is 0 Å². The largest absolute Gasteiger partial charge is 0.343 e. The van der Waals surface area contributed by atoms with Crippen LogP contribution in [0.1, 0.15) is 32.1 Å². The van der Waals surface area contributed by atoms with Crippen LogP contribution in [0.2, 0.25) is 0 Å². The lowest BCUT2D eigenvalue weighted by Gasteiger charge is -2.32. The van der Waals surface area contributed by atoms with Crippen LogP contribution in [-0.4, -0.2) is 61.2 Å². The number of piperidine rings is 1. The van der Waals surface area contributed by atoms with Crippen LogP contribution < -0.4 is 0 Å². The average Bonchev–Trinajstić information content (AvgIpc) is 2.76. The molecule has 0 N–H and O–H groups in total. The van der Waals surface area contributed by atoms with Crippen molar-refractivity contribution in [2.45, 2.75) is 32.1 Å². The van der Waals surface area contributed by atoms with Crippen molar-refractivity contribution in [3.05, 3.63) is 0 Å². The Morgan fingerprint density at radius 3 is 2.45 bits per heavy atom. The highest BCUT2D eigenvalue weighted by molar-refractivity contribution is 7.89. The Morgan fingerprint density at radius 2 is 1.90 bits per heavy atom. The predicted molar refractivity (Wildman–Crippen MR) is 82.4 cm³/mol. The van der Waals surface area contributed by atoms with Crippen molar-refractivity contribution in [1.82, 2.24) is 9.21 Å². The third kappa shape index (κ3) is 4.11. The SMILES string of the molecule is O=C(CCS)N1CCC(CCN2CCCS2(=O)=O)CC1. The van der Waals surface area contributed by atoms with Gasteiger partial charge in [0.25, 0.3) is 0 Å². The van der Waals surface area contributed by atoms with Gasteiger partial charge >= 0.3 is 0 Å². The summed E-state index contributed by atoms with van der Waals surface area (Å²) in [5.41, 5.74) is 0. The summed E-state index contributed by atoms with van der Waals surface area (Å²) in [7, 11) is -2.96. The van der Waals surface area contributed by atoms with Crippen molar-refractivity contribution in [2.24, 2.45) is 5.92 Å². The second-order valence-corrected chi connectivity index (χ2v) is 8.19. The van der Waals surface area contributed by atoms with Gasteiger partial charge in [0.2, 0.25) is 15.9 Å². The van der Waals surface area contributed by atoms with Gasteiger partial charge in [-0.3, -0.25) is 4.79 Å². The number of hydrogen-bond acceptors (Lipinski definition) is 4. The molecule has 0 unspecified atom stereocenters. The topological polar surface area (TPSA) is 57.7 Å². The van der Waals surface area contributed by atoms with Gasteiger partial charge < -0.3 is 4.90 Å². The van der Waals surface area contributed by atoms with Crippen molar-refractivity contribution in [3.8, 4) is 0 Å². The van der Waals surface area contributed by atoms with Crippen molar-refractivity contribution < 1.29 is 13.2 Å². The number of sulfonamides is 1. The Hall–Kier alpha value is -0.270. The van der Waals surface area contributed by atoms with Gasteiger partial charge in [0.15, 0.2) is 0 Å². The van der Waals surface area contributed by atoms with Gasteiger partial charge in [-0.2, -0.15) is 12.6 Å². The number of rotatable bonds is 5. The van der Waals surface area contributed by atoms with Crippen molar-refractivity contribution >= 4 is 28.6 Å². The van der Waals surface area contributed by atoms with Crippen LogP contribution in [0.3, 0.4) is 0 Å². The van der Waals surface area contributed by atoms with Gasteiger partial charge in [0.1, 0.15) is 0 Å². The monoisotopic (exact) mass is 320 g/mol. The maximum atomic E-state index is 11.7. The fourth-order valence-electron chi connectivity index (χ4n) is 2.99. The minimum Gasteiger partial charge on any atom is -0.343 e. The smallest absolute Gasteiger partial charge is 0.223 e. The molecule has 2 aliphatic heterocycles. The molecule has 0 saturated carbocycles. The van der Waals surface area contributed by atoms with Crippen molar-refractivity contribution in [2.75, 3.05) is 37.7 Å². The van der Waals surface area contributed by atoms with Gasteiger partial charge in [-0.15, -0.1) is 0 Å². The van der Waals surface area contributed by atoms with E-state index in [1.54, 1.807) is 4.31 Å². The molecule has 116 valence electrons. The minimum absolute atomic E-state index is 0.195. The molecule has 1 amide bonds. The summed E-state index contributed by atoms with van der Waals surface area (Å²) in [6.45, 7) is 2.95. The van der Waals surface area contributed by atoms with E-state index in [1.807, 2.05) is 4.90 Å². The molecule has 5 nitrogen and oxygen atoms in total. The number of likely N-dealkylation sites (tertiary alicyclic amines) is 1. The van der Waals surface area contributed by atoms with Crippen LogP contribution in [0.5, 0.6) is 0 Å². The third-order valence-electron chi connectivity index (χ3n) is 4.28. The maximum Gasteiger partial charge on any atom is 0.223 e. The first kappa shape index (κ1) is 16.1. The lowest BCUT2D eigenvalue weighted by atomic mass is 9.93. The van der Waals surface area contributed by atoms with E-state index in [9.17, 15) is 13.2 Å². The van der Waals surface area contributed by atoms with E-state index in [2.05, 4.69) is 12.6 Å². The molecule has 0 radical (unpaired) electrons. The zero-order valence-electron chi connectivity index (χ0n) is 11.8. The fraction of sp³-hybridized carbons (Fsp3) is 0.923. The highest BCUT2D eigenvalue weighted by Gasteiger charge is 2.29. The molecule has 0 aromatic rings. The highest BCUT2D eigenvalue weighted by atomic mass is 32.2. The average molecular weight is 320 g/mol. The normalized spacial score (nSPS) is 24.1. The van der Waals surface area contributed by atoms with Gasteiger partial charge in [-0.05, 0) is 37.4 Å². The number of carbonyl (C=O) groups is 1. The zero-order chi connectivity index (χ0) is 14.6. The van der Waals surface area contributed by atoms with Crippen LogP contribution >= 0.6 is 12.6 Å². The quantitative estimate of drug-likeness (QED) is 0.768. The Morgan fingerprint density at radius 1 is 1.20 bits per heavy atom. The lowest BCUT2D eigenvalue weighted by molar-refractivity contribution is -0.132. The first-order valence-corrected chi connectivity index (χ1v) is 9.63. The zero-order valence-corrected chi connectivity index (χ0v) is 13.5. The van der Waals surface area contributed by atoms with Crippen LogP contribution in [0.25, 0.3) is 0 Å². The summed E-state index contributed by atoms with van der Waals surface area (Å²) < 4.78 is 25.1. The minimum atomic E-state index is -2.96. The van der Waals surface area contributed by atoms with Crippen molar-refractivity contribution in [3.63, 3.8) is 0 Å². The summed E-state index contributed by atoms with van der Waals surface area (Å²) >= 11 is 4.09. The molecular weight excluding hydrogens is 296 g/mol. The predicted octanol–water partition coefficient (Wildman–Crippen LogP) is 0.971. The van der Waals surface area contributed by atoms with Gasteiger partial charge in [-0.25, -0.2) is 12.7 Å². The summed E-state index contributed by atoms with van der Waals surface area (Å²) in [5.74, 6) is 1.65. The summed E-state index contributed by atoms with van der Waals surface area (Å²) in [6, 6.07) is 0. The Bertz CT molecular complexity index is 431. The molecule has 0 aliphatic carbocycles. The van der Waals surface area contributed by atoms with E-state index >= 15 is 0 Å². The van der Waals surface area contributed by atoms with Crippen LogP contribution in [0.4, 0.5) is 0 Å². The lowest BCUT2D eigenvalue weighted by Crippen LogP contribution is -2.39. The first-order valence-electron chi connectivity index (χ1n) is 7.39. The molecule has 2 rings (SSSR count). The number of hydrogen-bond donors (Lipinski definition) is 1. The molecule has 2 aliphatic rings. The van der Waals surface area contributed by atoms with Crippen LogP contribution in [0, 0.1) is 5.92 Å². The number of amides is 1. The molecule has 0 spiro atoms. The Balaban J connectivity index is 1.71. The molecule has 0 bridgehead atoms. The molecule has 0 aromatic heterocycles. The number of carbonyl (C=O) groups excluding carboxylic acids is 1. The van der Waals surface area contributed by atoms with Crippen molar-refractivity contribution in [1.29, 1.82) is 0 Å². The van der Waals surface area contributed by atoms with Gasteiger partial charge in [0, 0.05) is 32.6 Å².